The number of aliphatic hydroxyl groups is 2. The molecule has 1 aromatic rings. The highest BCUT2D eigenvalue weighted by molar-refractivity contribution is 5.94. The van der Waals surface area contributed by atoms with Crippen LogP contribution in [0.4, 0.5) is 0 Å². The predicted molar refractivity (Wildman–Crippen MR) is 60.3 cm³/mol. The van der Waals surface area contributed by atoms with Gasteiger partial charge in [0.15, 0.2) is 6.29 Å². The first kappa shape index (κ1) is 12.0. The van der Waals surface area contributed by atoms with E-state index in [-0.39, 0.29) is 12.5 Å². The molecule has 92 valence electrons. The summed E-state index contributed by atoms with van der Waals surface area (Å²) < 4.78 is 5.05. The number of carbonyl (C=O) groups is 1. The SMILES string of the molecule is O=C(N[C@@H]1C[C@@H](CO)O[C@H]1O)c1ccccc1. The van der Waals surface area contributed by atoms with Crippen LogP contribution in [-0.4, -0.2) is 41.2 Å². The summed E-state index contributed by atoms with van der Waals surface area (Å²) in [6.45, 7) is -0.158. The number of benzene rings is 1. The Morgan fingerprint density at radius 2 is 2.12 bits per heavy atom. The molecule has 2 rings (SSSR count). The van der Waals surface area contributed by atoms with Crippen molar-refractivity contribution in [1.82, 2.24) is 5.32 Å². The van der Waals surface area contributed by atoms with Gasteiger partial charge in [-0.2, -0.15) is 0 Å². The Hall–Kier alpha value is -1.43. The van der Waals surface area contributed by atoms with Crippen LogP contribution in [0, 0.1) is 0 Å². The van der Waals surface area contributed by atoms with Gasteiger partial charge >= 0.3 is 0 Å². The molecule has 17 heavy (non-hydrogen) atoms. The van der Waals surface area contributed by atoms with Crippen LogP contribution in [0.25, 0.3) is 0 Å². The van der Waals surface area contributed by atoms with E-state index in [4.69, 9.17) is 9.84 Å². The van der Waals surface area contributed by atoms with E-state index >= 15 is 0 Å². The molecule has 1 amide bonds. The topological polar surface area (TPSA) is 78.8 Å². The van der Waals surface area contributed by atoms with Crippen LogP contribution in [0.2, 0.25) is 0 Å². The number of hydrogen-bond donors (Lipinski definition) is 3. The lowest BCUT2D eigenvalue weighted by Crippen LogP contribution is -2.40. The van der Waals surface area contributed by atoms with Crippen molar-refractivity contribution in [2.24, 2.45) is 0 Å². The zero-order chi connectivity index (χ0) is 12.3. The summed E-state index contributed by atoms with van der Waals surface area (Å²) in [5.74, 6) is -0.253. The number of hydrogen-bond acceptors (Lipinski definition) is 4. The second-order valence-electron chi connectivity index (χ2n) is 4.01. The maximum Gasteiger partial charge on any atom is 0.251 e. The van der Waals surface area contributed by atoms with Crippen LogP contribution in [0.15, 0.2) is 30.3 Å². The summed E-state index contributed by atoms with van der Waals surface area (Å²) >= 11 is 0. The summed E-state index contributed by atoms with van der Waals surface area (Å²) in [5, 5.41) is 21.1. The molecule has 3 atom stereocenters. The molecule has 1 aromatic carbocycles. The van der Waals surface area contributed by atoms with Gasteiger partial charge in [-0.25, -0.2) is 0 Å². The molecule has 0 aliphatic carbocycles. The monoisotopic (exact) mass is 237 g/mol. The van der Waals surface area contributed by atoms with Crippen LogP contribution in [0.5, 0.6) is 0 Å². The molecular weight excluding hydrogens is 222 g/mol. The fourth-order valence-corrected chi connectivity index (χ4v) is 1.84. The van der Waals surface area contributed by atoms with Gasteiger partial charge in [-0.15, -0.1) is 0 Å². The molecule has 1 heterocycles. The minimum absolute atomic E-state index is 0.158. The molecule has 0 aromatic heterocycles. The lowest BCUT2D eigenvalue weighted by Gasteiger charge is -2.14. The first-order chi connectivity index (χ1) is 8.20. The standard InChI is InChI=1S/C12H15NO4/c14-7-9-6-10(12(16)17-9)13-11(15)8-4-2-1-3-5-8/h1-5,9-10,12,14,16H,6-7H2,(H,13,15)/t9-,10+,12+/m0/s1. The molecule has 1 aliphatic rings. The van der Waals surface area contributed by atoms with E-state index in [0.29, 0.717) is 12.0 Å². The van der Waals surface area contributed by atoms with Crippen molar-refractivity contribution in [2.75, 3.05) is 6.61 Å². The molecule has 0 bridgehead atoms. The molecule has 5 heteroatoms. The lowest BCUT2D eigenvalue weighted by molar-refractivity contribution is -0.108. The third-order valence-corrected chi connectivity index (χ3v) is 2.75. The van der Waals surface area contributed by atoms with E-state index in [2.05, 4.69) is 5.32 Å². The largest absolute Gasteiger partial charge is 0.394 e. The van der Waals surface area contributed by atoms with Gasteiger partial charge in [0.05, 0.1) is 18.8 Å². The van der Waals surface area contributed by atoms with Crippen molar-refractivity contribution in [3.8, 4) is 0 Å². The van der Waals surface area contributed by atoms with E-state index in [1.165, 1.54) is 0 Å². The second-order valence-corrected chi connectivity index (χ2v) is 4.01. The molecule has 0 spiro atoms. The van der Waals surface area contributed by atoms with Crippen LogP contribution < -0.4 is 5.32 Å². The first-order valence-corrected chi connectivity index (χ1v) is 5.51. The predicted octanol–water partition coefficient (Wildman–Crippen LogP) is -0.115. The lowest BCUT2D eigenvalue weighted by atomic mass is 10.1. The Bertz CT molecular complexity index is 381. The van der Waals surface area contributed by atoms with Gasteiger partial charge in [-0.1, -0.05) is 18.2 Å². The normalized spacial score (nSPS) is 28.0. The molecule has 0 saturated carbocycles. The molecule has 0 radical (unpaired) electrons. The summed E-state index contributed by atoms with van der Waals surface area (Å²) in [6, 6.07) is 8.29. The number of rotatable bonds is 3. The quantitative estimate of drug-likeness (QED) is 0.685. The summed E-state index contributed by atoms with van der Waals surface area (Å²) in [4.78, 5) is 11.8. The average molecular weight is 237 g/mol. The highest BCUT2D eigenvalue weighted by atomic mass is 16.6. The van der Waals surface area contributed by atoms with Gasteiger partial charge in [0.2, 0.25) is 0 Å². The van der Waals surface area contributed by atoms with Crippen LogP contribution in [0.3, 0.4) is 0 Å². The van der Waals surface area contributed by atoms with Crippen molar-refractivity contribution in [3.63, 3.8) is 0 Å². The van der Waals surface area contributed by atoms with Crippen LogP contribution in [0.1, 0.15) is 16.8 Å². The third kappa shape index (κ3) is 2.82. The maximum atomic E-state index is 11.8. The van der Waals surface area contributed by atoms with Crippen molar-refractivity contribution < 1.29 is 19.7 Å². The number of carbonyl (C=O) groups excluding carboxylic acids is 1. The molecule has 1 saturated heterocycles. The maximum absolute atomic E-state index is 11.8. The van der Waals surface area contributed by atoms with E-state index in [1.807, 2.05) is 6.07 Å². The summed E-state index contributed by atoms with van der Waals surface area (Å²) in [5.41, 5.74) is 0.534. The Morgan fingerprint density at radius 3 is 2.71 bits per heavy atom. The molecular formula is C12H15NO4. The van der Waals surface area contributed by atoms with Crippen LogP contribution >= 0.6 is 0 Å². The summed E-state index contributed by atoms with van der Waals surface area (Å²) in [7, 11) is 0. The first-order valence-electron chi connectivity index (χ1n) is 5.51. The van der Waals surface area contributed by atoms with Gasteiger partial charge < -0.3 is 20.3 Å². The van der Waals surface area contributed by atoms with E-state index in [0.717, 1.165) is 0 Å². The Morgan fingerprint density at radius 1 is 1.41 bits per heavy atom. The van der Waals surface area contributed by atoms with E-state index < -0.39 is 18.4 Å². The van der Waals surface area contributed by atoms with Crippen molar-refractivity contribution >= 4 is 5.91 Å². The minimum Gasteiger partial charge on any atom is -0.394 e. The Labute approximate surface area is 99.0 Å². The molecule has 3 N–H and O–H groups in total. The van der Waals surface area contributed by atoms with Gasteiger partial charge in [-0.05, 0) is 12.1 Å². The zero-order valence-electron chi connectivity index (χ0n) is 9.24. The van der Waals surface area contributed by atoms with Gasteiger partial charge in [0.25, 0.3) is 5.91 Å². The van der Waals surface area contributed by atoms with E-state index in [9.17, 15) is 9.90 Å². The summed E-state index contributed by atoms with van der Waals surface area (Å²) in [6.07, 6.45) is -1.05. The Kier molecular flexibility index (Phi) is 3.73. The molecule has 1 fully saturated rings. The smallest absolute Gasteiger partial charge is 0.251 e. The van der Waals surface area contributed by atoms with Crippen LogP contribution in [-0.2, 0) is 4.74 Å². The molecule has 0 unspecified atom stereocenters. The fourth-order valence-electron chi connectivity index (χ4n) is 1.84. The number of aliphatic hydroxyl groups excluding tert-OH is 2. The minimum atomic E-state index is -1.06. The number of nitrogens with one attached hydrogen (secondary N) is 1. The van der Waals surface area contributed by atoms with Gasteiger partial charge in [0, 0.05) is 12.0 Å². The van der Waals surface area contributed by atoms with E-state index in [1.54, 1.807) is 24.3 Å². The Balaban J connectivity index is 1.96. The third-order valence-electron chi connectivity index (χ3n) is 2.75. The van der Waals surface area contributed by atoms with Gasteiger partial charge in [0.1, 0.15) is 0 Å². The second kappa shape index (κ2) is 5.27. The number of ether oxygens (including phenoxy) is 1. The average Bonchev–Trinajstić information content (AvgIpc) is 2.71. The zero-order valence-corrected chi connectivity index (χ0v) is 9.24. The molecule has 5 nitrogen and oxygen atoms in total. The molecule has 1 aliphatic heterocycles. The highest BCUT2D eigenvalue weighted by Crippen LogP contribution is 2.18. The number of amides is 1. The fraction of sp³-hybridized carbons (Fsp3) is 0.417. The van der Waals surface area contributed by atoms with Crippen molar-refractivity contribution in [1.29, 1.82) is 0 Å². The van der Waals surface area contributed by atoms with Crippen molar-refractivity contribution in [3.05, 3.63) is 35.9 Å². The van der Waals surface area contributed by atoms with Crippen molar-refractivity contribution in [2.45, 2.75) is 24.9 Å². The van der Waals surface area contributed by atoms with Gasteiger partial charge in [-0.3, -0.25) is 4.79 Å². The highest BCUT2D eigenvalue weighted by Gasteiger charge is 2.34.